The number of hydrogen-bond acceptors (Lipinski definition) is 5. The molecule has 3 aromatic rings. The van der Waals surface area contributed by atoms with Crippen molar-refractivity contribution < 1.29 is 9.21 Å². The Hall–Kier alpha value is -3.09. The Morgan fingerprint density at radius 1 is 1.23 bits per heavy atom. The van der Waals surface area contributed by atoms with Gasteiger partial charge in [0.2, 0.25) is 0 Å². The van der Waals surface area contributed by atoms with Crippen molar-refractivity contribution in [3.63, 3.8) is 0 Å². The van der Waals surface area contributed by atoms with Gasteiger partial charge in [-0.25, -0.2) is 4.98 Å². The number of furan rings is 1. The molecule has 0 radical (unpaired) electrons. The Kier molecular flexibility index (Phi) is 2.72. The van der Waals surface area contributed by atoms with Crippen molar-refractivity contribution in [2.24, 2.45) is 0 Å². The van der Waals surface area contributed by atoms with Gasteiger partial charge in [-0.3, -0.25) is 9.89 Å². The number of anilines is 1. The van der Waals surface area contributed by atoms with Gasteiger partial charge in [-0.2, -0.15) is 5.10 Å². The number of H-pyrrole nitrogens is 1. The summed E-state index contributed by atoms with van der Waals surface area (Å²) in [5.41, 5.74) is 2.04. The minimum atomic E-state index is -0.422. The zero-order valence-electron chi connectivity index (χ0n) is 11.8. The summed E-state index contributed by atoms with van der Waals surface area (Å²) in [5.74, 6) is 1.87. The third kappa shape index (κ3) is 1.95. The molecule has 0 unspecified atom stereocenters. The number of carbonyl (C=O) groups excluding carboxylic acids is 1. The van der Waals surface area contributed by atoms with Crippen LogP contribution < -0.4 is 10.6 Å². The molecule has 3 N–H and O–H groups in total. The van der Waals surface area contributed by atoms with Crippen LogP contribution in [0.1, 0.15) is 27.8 Å². The lowest BCUT2D eigenvalue weighted by atomic mass is 10.1. The maximum absolute atomic E-state index is 12.2. The third-order valence-electron chi connectivity index (χ3n) is 3.58. The second-order valence-corrected chi connectivity index (χ2v) is 5.06. The Morgan fingerprint density at radius 3 is 2.95 bits per heavy atom. The van der Waals surface area contributed by atoms with E-state index in [0.29, 0.717) is 17.1 Å². The molecule has 0 fully saturated rings. The second kappa shape index (κ2) is 4.73. The topological polar surface area (TPSA) is 95.8 Å². The summed E-state index contributed by atoms with van der Waals surface area (Å²) in [6.07, 6.45) is 2.89. The van der Waals surface area contributed by atoms with Crippen LogP contribution in [0.25, 0.3) is 11.5 Å². The van der Waals surface area contributed by atoms with Crippen molar-refractivity contribution in [2.75, 3.05) is 5.32 Å². The lowest BCUT2D eigenvalue weighted by Gasteiger charge is -2.26. The normalized spacial score (nSPS) is 16.8. The third-order valence-corrected chi connectivity index (χ3v) is 3.58. The van der Waals surface area contributed by atoms with Crippen LogP contribution in [0.3, 0.4) is 0 Å². The van der Waals surface area contributed by atoms with Crippen molar-refractivity contribution in [3.8, 4) is 11.5 Å². The highest BCUT2D eigenvalue weighted by molar-refractivity contribution is 6.00. The van der Waals surface area contributed by atoms with Gasteiger partial charge in [0.05, 0.1) is 11.8 Å². The number of aryl methyl sites for hydroxylation is 1. The number of nitrogens with one attached hydrogen (secondary N) is 3. The van der Waals surface area contributed by atoms with E-state index in [4.69, 9.17) is 4.42 Å². The summed E-state index contributed by atoms with van der Waals surface area (Å²) in [4.78, 5) is 16.4. The average molecular weight is 295 g/mol. The highest BCUT2D eigenvalue weighted by Gasteiger charge is 2.28. The number of amides is 1. The molecule has 1 atom stereocenters. The Morgan fingerprint density at radius 2 is 2.14 bits per heavy atom. The first-order valence-electron chi connectivity index (χ1n) is 6.85. The number of fused-ring (bicyclic) bond motifs is 1. The van der Waals surface area contributed by atoms with Gasteiger partial charge in [0.15, 0.2) is 5.76 Å². The van der Waals surface area contributed by atoms with Gasteiger partial charge >= 0.3 is 0 Å². The van der Waals surface area contributed by atoms with Crippen LogP contribution in [0.15, 0.2) is 41.1 Å². The molecule has 1 amide bonds. The summed E-state index contributed by atoms with van der Waals surface area (Å²) < 4.78 is 5.63. The minimum Gasteiger partial charge on any atom is -0.460 e. The van der Waals surface area contributed by atoms with E-state index in [2.05, 4.69) is 25.8 Å². The Labute approximate surface area is 125 Å². The fraction of sp³-hybridized carbons (Fsp3) is 0.133. The van der Waals surface area contributed by atoms with E-state index in [-0.39, 0.29) is 5.91 Å². The van der Waals surface area contributed by atoms with Crippen molar-refractivity contribution in [3.05, 3.63) is 53.5 Å². The van der Waals surface area contributed by atoms with Gasteiger partial charge in [-0.05, 0) is 31.2 Å². The van der Waals surface area contributed by atoms with Crippen LogP contribution in [0, 0.1) is 6.92 Å². The van der Waals surface area contributed by atoms with E-state index in [9.17, 15) is 4.79 Å². The molecule has 22 heavy (non-hydrogen) atoms. The molecule has 7 heteroatoms. The van der Waals surface area contributed by atoms with Crippen molar-refractivity contribution in [1.29, 1.82) is 0 Å². The van der Waals surface area contributed by atoms with Gasteiger partial charge < -0.3 is 15.1 Å². The fourth-order valence-electron chi connectivity index (χ4n) is 2.52. The van der Waals surface area contributed by atoms with Crippen molar-refractivity contribution in [2.45, 2.75) is 13.1 Å². The zero-order valence-corrected chi connectivity index (χ0v) is 11.8. The Balaban J connectivity index is 1.73. The summed E-state index contributed by atoms with van der Waals surface area (Å²) in [6.45, 7) is 1.88. The molecule has 0 spiro atoms. The van der Waals surface area contributed by atoms with Crippen LogP contribution in [0.4, 0.5) is 5.82 Å². The minimum absolute atomic E-state index is 0.172. The first-order valence-corrected chi connectivity index (χ1v) is 6.85. The molecule has 0 aliphatic carbocycles. The summed E-state index contributed by atoms with van der Waals surface area (Å²) in [6, 6.07) is 7.20. The Bertz CT molecular complexity index is 851. The average Bonchev–Trinajstić information content (AvgIpc) is 3.15. The van der Waals surface area contributed by atoms with Crippen LogP contribution in [-0.4, -0.2) is 21.1 Å². The molecule has 4 rings (SSSR count). The highest BCUT2D eigenvalue weighted by atomic mass is 16.3. The van der Waals surface area contributed by atoms with Gasteiger partial charge in [0.25, 0.3) is 5.91 Å². The van der Waals surface area contributed by atoms with Crippen LogP contribution in [0.5, 0.6) is 0 Å². The standard InChI is InChI=1S/C15H13N5O2/c1-8-4-5-11(22-8)12-10(7-17-20-12)14-18-13-9(15(21)19-14)3-2-6-16-13/h2-7,14H,1H3,(H,16,18)(H,17,20)(H,19,21)/t14-/m0/s1. The van der Waals surface area contributed by atoms with E-state index in [0.717, 1.165) is 17.0 Å². The van der Waals surface area contributed by atoms with E-state index in [1.807, 2.05) is 19.1 Å². The molecule has 7 nitrogen and oxygen atoms in total. The number of hydrogen-bond donors (Lipinski definition) is 3. The smallest absolute Gasteiger partial charge is 0.256 e. The van der Waals surface area contributed by atoms with Gasteiger partial charge in [0, 0.05) is 11.8 Å². The van der Waals surface area contributed by atoms with Crippen LogP contribution in [-0.2, 0) is 0 Å². The first kappa shape index (κ1) is 12.6. The molecule has 0 bridgehead atoms. The number of pyridine rings is 1. The monoisotopic (exact) mass is 295 g/mol. The lowest BCUT2D eigenvalue weighted by Crippen LogP contribution is -2.38. The van der Waals surface area contributed by atoms with Crippen LogP contribution in [0.2, 0.25) is 0 Å². The van der Waals surface area contributed by atoms with Crippen molar-refractivity contribution >= 4 is 11.7 Å². The predicted molar refractivity (Wildman–Crippen MR) is 79.1 cm³/mol. The molecule has 110 valence electrons. The largest absolute Gasteiger partial charge is 0.460 e. The number of aromatic nitrogens is 3. The predicted octanol–water partition coefficient (Wildman–Crippen LogP) is 2.23. The molecule has 1 aliphatic heterocycles. The van der Waals surface area contributed by atoms with Crippen LogP contribution >= 0.6 is 0 Å². The maximum Gasteiger partial charge on any atom is 0.256 e. The molecular formula is C15H13N5O2. The van der Waals surface area contributed by atoms with E-state index in [1.165, 1.54) is 0 Å². The number of rotatable bonds is 2. The van der Waals surface area contributed by atoms with Gasteiger partial charge in [-0.15, -0.1) is 0 Å². The van der Waals surface area contributed by atoms with E-state index >= 15 is 0 Å². The molecule has 0 aromatic carbocycles. The molecule has 1 aliphatic rings. The van der Waals surface area contributed by atoms with E-state index < -0.39 is 6.17 Å². The molecular weight excluding hydrogens is 282 g/mol. The zero-order chi connectivity index (χ0) is 15.1. The first-order chi connectivity index (χ1) is 10.7. The number of carbonyl (C=O) groups is 1. The lowest BCUT2D eigenvalue weighted by molar-refractivity contribution is 0.0935. The fourth-order valence-corrected chi connectivity index (χ4v) is 2.52. The maximum atomic E-state index is 12.2. The summed E-state index contributed by atoms with van der Waals surface area (Å²) in [7, 11) is 0. The number of aromatic amines is 1. The highest BCUT2D eigenvalue weighted by Crippen LogP contribution is 2.31. The molecule has 0 saturated carbocycles. The molecule has 4 heterocycles. The summed E-state index contributed by atoms with van der Waals surface area (Å²) >= 11 is 0. The SMILES string of the molecule is Cc1ccc(-c2[nH]ncc2[C@@H]2NC(=O)c3cccnc3N2)o1. The quantitative estimate of drug-likeness (QED) is 0.673. The van der Waals surface area contributed by atoms with E-state index in [1.54, 1.807) is 24.5 Å². The number of nitrogens with zero attached hydrogens (tertiary/aromatic N) is 2. The summed E-state index contributed by atoms with van der Waals surface area (Å²) in [5, 5.41) is 13.1. The van der Waals surface area contributed by atoms with Crippen molar-refractivity contribution in [1.82, 2.24) is 20.5 Å². The molecule has 3 aromatic heterocycles. The second-order valence-electron chi connectivity index (χ2n) is 5.06. The van der Waals surface area contributed by atoms with Gasteiger partial charge in [0.1, 0.15) is 23.4 Å². The van der Waals surface area contributed by atoms with Gasteiger partial charge in [-0.1, -0.05) is 0 Å². The molecule has 0 saturated heterocycles.